The van der Waals surface area contributed by atoms with Crippen LogP contribution in [0.3, 0.4) is 0 Å². The number of rotatable bonds is 3. The highest BCUT2D eigenvalue weighted by Gasteiger charge is 2.67. The van der Waals surface area contributed by atoms with Crippen molar-refractivity contribution in [2.75, 3.05) is 0 Å². The lowest BCUT2D eigenvalue weighted by atomic mass is 9.44. The maximum Gasteiger partial charge on any atom is 0.302 e. The Morgan fingerprint density at radius 3 is 2.33 bits per heavy atom. The molecule has 5 aliphatic carbocycles. The monoisotopic (exact) mass is 456 g/mol. The highest BCUT2D eigenvalue weighted by atomic mass is 16.5. The minimum Gasteiger partial charge on any atom is -0.463 e. The van der Waals surface area contributed by atoms with Gasteiger partial charge in [-0.15, -0.1) is 0 Å². The SMILES string of the molecule is CC(=O)O[C@H]1CC[C@@]2(C)[C@@H](CC[C@@H]3[C@@H]2CC(=O)[C@@]2(C)[C@H]3C[C@@H](C3CCCC3=O)[C@@H]2C(C)=O)C1. The van der Waals surface area contributed by atoms with Gasteiger partial charge in [0.25, 0.3) is 0 Å². The second kappa shape index (κ2) is 8.02. The van der Waals surface area contributed by atoms with Gasteiger partial charge in [-0.2, -0.15) is 0 Å². The topological polar surface area (TPSA) is 77.5 Å². The molecule has 0 spiro atoms. The van der Waals surface area contributed by atoms with E-state index in [9.17, 15) is 19.2 Å². The van der Waals surface area contributed by atoms with E-state index in [4.69, 9.17) is 4.74 Å². The quantitative estimate of drug-likeness (QED) is 0.562. The third kappa shape index (κ3) is 3.38. The number of esters is 1. The lowest BCUT2D eigenvalue weighted by Crippen LogP contribution is -2.57. The molecule has 0 aromatic rings. The Morgan fingerprint density at radius 2 is 1.70 bits per heavy atom. The van der Waals surface area contributed by atoms with Crippen LogP contribution in [0.15, 0.2) is 0 Å². The first-order valence-electron chi connectivity index (χ1n) is 13.3. The third-order valence-electron chi connectivity index (χ3n) is 11.2. The van der Waals surface area contributed by atoms with E-state index in [0.717, 1.165) is 51.4 Å². The largest absolute Gasteiger partial charge is 0.463 e. The Hall–Kier alpha value is -1.52. The maximum absolute atomic E-state index is 13.9. The number of ether oxygens (including phenoxy) is 1. The van der Waals surface area contributed by atoms with Gasteiger partial charge in [-0.3, -0.25) is 19.2 Å². The minimum atomic E-state index is -0.612. The Bertz CT molecular complexity index is 878. The fourth-order valence-corrected chi connectivity index (χ4v) is 9.79. The van der Waals surface area contributed by atoms with Crippen molar-refractivity contribution >= 4 is 23.3 Å². The van der Waals surface area contributed by atoms with Crippen molar-refractivity contribution in [3.63, 3.8) is 0 Å². The average Bonchev–Trinajstić information content (AvgIpc) is 3.30. The molecule has 5 heteroatoms. The lowest BCUT2D eigenvalue weighted by Gasteiger charge is -2.60. The molecule has 0 radical (unpaired) electrons. The zero-order chi connectivity index (χ0) is 23.7. The van der Waals surface area contributed by atoms with Crippen LogP contribution >= 0.6 is 0 Å². The fraction of sp³-hybridized carbons (Fsp3) is 0.857. The summed E-state index contributed by atoms with van der Waals surface area (Å²) in [4.78, 5) is 51.2. The molecule has 0 aliphatic heterocycles. The van der Waals surface area contributed by atoms with E-state index >= 15 is 0 Å². The van der Waals surface area contributed by atoms with Crippen LogP contribution in [0.2, 0.25) is 0 Å². The number of ketones is 3. The first-order chi connectivity index (χ1) is 15.6. The Kier molecular flexibility index (Phi) is 5.64. The van der Waals surface area contributed by atoms with Gasteiger partial charge in [0, 0.05) is 37.0 Å². The van der Waals surface area contributed by atoms with Gasteiger partial charge in [0.1, 0.15) is 23.5 Å². The van der Waals surface area contributed by atoms with E-state index in [1.54, 1.807) is 6.92 Å². The van der Waals surface area contributed by atoms with E-state index in [-0.39, 0.29) is 52.7 Å². The zero-order valence-corrected chi connectivity index (χ0v) is 20.7. The van der Waals surface area contributed by atoms with Gasteiger partial charge >= 0.3 is 5.97 Å². The van der Waals surface area contributed by atoms with Crippen molar-refractivity contribution in [1.82, 2.24) is 0 Å². The number of Topliss-reactive ketones (excluding diaryl/α,β-unsaturated/α-hetero) is 3. The second-order valence-electron chi connectivity index (χ2n) is 12.5. The molecule has 182 valence electrons. The molecule has 5 aliphatic rings. The average molecular weight is 457 g/mol. The molecule has 1 unspecified atom stereocenters. The van der Waals surface area contributed by atoms with Crippen LogP contribution in [-0.2, 0) is 23.9 Å². The summed E-state index contributed by atoms with van der Waals surface area (Å²) in [6.45, 7) is 7.60. The molecule has 0 aromatic carbocycles. The number of carbonyl (C=O) groups excluding carboxylic acids is 4. The van der Waals surface area contributed by atoms with Crippen molar-refractivity contribution in [3.8, 4) is 0 Å². The lowest BCUT2D eigenvalue weighted by molar-refractivity contribution is -0.167. The van der Waals surface area contributed by atoms with Crippen LogP contribution in [0.25, 0.3) is 0 Å². The van der Waals surface area contributed by atoms with Crippen molar-refractivity contribution in [1.29, 1.82) is 0 Å². The predicted molar refractivity (Wildman–Crippen MR) is 123 cm³/mol. The van der Waals surface area contributed by atoms with Gasteiger partial charge in [0.05, 0.1) is 0 Å². The summed E-state index contributed by atoms with van der Waals surface area (Å²) in [5.41, 5.74) is -0.526. The number of carbonyl (C=O) groups is 4. The molecule has 5 fully saturated rings. The van der Waals surface area contributed by atoms with E-state index in [1.807, 2.05) is 0 Å². The number of hydrogen-bond donors (Lipinski definition) is 0. The molecule has 5 saturated carbocycles. The van der Waals surface area contributed by atoms with Crippen molar-refractivity contribution in [2.24, 2.45) is 52.3 Å². The second-order valence-corrected chi connectivity index (χ2v) is 12.5. The summed E-state index contributed by atoms with van der Waals surface area (Å²) in [5.74, 6) is 1.68. The van der Waals surface area contributed by atoms with E-state index in [1.165, 1.54) is 6.92 Å². The van der Waals surface area contributed by atoms with Gasteiger partial charge in [-0.05, 0) is 93.3 Å². The molecule has 0 saturated heterocycles. The van der Waals surface area contributed by atoms with Crippen LogP contribution in [0.4, 0.5) is 0 Å². The summed E-state index contributed by atoms with van der Waals surface area (Å²) in [7, 11) is 0. The van der Waals surface area contributed by atoms with Crippen LogP contribution in [0.1, 0.15) is 91.9 Å². The molecule has 5 rings (SSSR count). The third-order valence-corrected chi connectivity index (χ3v) is 11.2. The molecule has 10 atom stereocenters. The summed E-state index contributed by atoms with van der Waals surface area (Å²) in [6, 6.07) is 0. The summed E-state index contributed by atoms with van der Waals surface area (Å²) in [5, 5.41) is 0. The summed E-state index contributed by atoms with van der Waals surface area (Å²) < 4.78 is 5.57. The summed E-state index contributed by atoms with van der Waals surface area (Å²) in [6.07, 6.45) is 8.85. The van der Waals surface area contributed by atoms with Crippen molar-refractivity contribution < 1.29 is 23.9 Å². The molecule has 0 heterocycles. The number of fused-ring (bicyclic) bond motifs is 5. The van der Waals surface area contributed by atoms with Crippen molar-refractivity contribution in [2.45, 2.75) is 98.0 Å². The van der Waals surface area contributed by atoms with Crippen LogP contribution in [0, 0.1) is 52.3 Å². The molecule has 0 bridgehead atoms. The van der Waals surface area contributed by atoms with Crippen molar-refractivity contribution in [3.05, 3.63) is 0 Å². The van der Waals surface area contributed by atoms with Crippen LogP contribution < -0.4 is 0 Å². The molecule has 5 nitrogen and oxygen atoms in total. The molecule has 0 aromatic heterocycles. The van der Waals surface area contributed by atoms with E-state index < -0.39 is 5.41 Å². The molecule has 33 heavy (non-hydrogen) atoms. The van der Waals surface area contributed by atoms with Gasteiger partial charge in [-0.25, -0.2) is 0 Å². The Morgan fingerprint density at radius 1 is 0.939 bits per heavy atom. The van der Waals surface area contributed by atoms with E-state index in [2.05, 4.69) is 13.8 Å². The van der Waals surface area contributed by atoms with Gasteiger partial charge in [0.2, 0.25) is 0 Å². The molecular formula is C28H40O5. The van der Waals surface area contributed by atoms with Gasteiger partial charge in [-0.1, -0.05) is 13.8 Å². The minimum absolute atomic E-state index is 0.00742. The molecule has 0 amide bonds. The maximum atomic E-state index is 13.9. The first kappa shape index (κ1) is 23.2. The Labute approximate surface area is 197 Å². The smallest absolute Gasteiger partial charge is 0.302 e. The van der Waals surface area contributed by atoms with Crippen LogP contribution in [0.5, 0.6) is 0 Å². The van der Waals surface area contributed by atoms with E-state index in [0.29, 0.717) is 36.4 Å². The highest BCUT2D eigenvalue weighted by molar-refractivity contribution is 5.94. The van der Waals surface area contributed by atoms with Gasteiger partial charge < -0.3 is 4.74 Å². The highest BCUT2D eigenvalue weighted by Crippen LogP contribution is 2.68. The fourth-order valence-electron chi connectivity index (χ4n) is 9.79. The predicted octanol–water partition coefficient (Wildman–Crippen LogP) is 4.94. The Balaban J connectivity index is 1.45. The molecule has 0 N–H and O–H groups in total. The standard InChI is InChI=1S/C28H40O5/c1-15(29)26-21(19-6-5-7-24(19)31)13-23-20-9-8-17-12-18(33-16(2)30)10-11-27(17,3)22(20)14-25(32)28(23,26)4/h17-23,26H,5-14H2,1-4H3/t17-,18-,19?,20+,21-,22-,23-,26-,27-,28+/m0/s1. The van der Waals surface area contributed by atoms with Gasteiger partial charge in [0.15, 0.2) is 0 Å². The van der Waals surface area contributed by atoms with Crippen LogP contribution in [-0.4, -0.2) is 29.4 Å². The first-order valence-corrected chi connectivity index (χ1v) is 13.3. The zero-order valence-electron chi connectivity index (χ0n) is 20.7. The normalized spacial score (nSPS) is 49.2. The number of hydrogen-bond acceptors (Lipinski definition) is 5. The molecular weight excluding hydrogens is 416 g/mol. The summed E-state index contributed by atoms with van der Waals surface area (Å²) >= 11 is 0.